The van der Waals surface area contributed by atoms with Crippen LogP contribution in [0, 0.1) is 6.92 Å². The van der Waals surface area contributed by atoms with Crippen LogP contribution in [0.4, 0.5) is 5.69 Å². The normalized spacial score (nSPS) is 11.8. The van der Waals surface area contributed by atoms with Crippen LogP contribution in [0.25, 0.3) is 0 Å². The lowest BCUT2D eigenvalue weighted by molar-refractivity contribution is 0.568. The molecule has 1 aromatic rings. The number of nitrogens with zero attached hydrogens (tertiary/aromatic N) is 1. The Morgan fingerprint density at radius 1 is 1.32 bits per heavy atom. The maximum atomic E-state index is 12.2. The van der Waals surface area contributed by atoms with Crippen molar-refractivity contribution in [1.29, 1.82) is 0 Å². The van der Waals surface area contributed by atoms with Gasteiger partial charge in [-0.2, -0.15) is 0 Å². The van der Waals surface area contributed by atoms with Crippen molar-refractivity contribution in [3.63, 3.8) is 0 Å². The van der Waals surface area contributed by atoms with Gasteiger partial charge in [-0.15, -0.1) is 0 Å². The van der Waals surface area contributed by atoms with E-state index in [1.165, 1.54) is 4.31 Å². The van der Waals surface area contributed by atoms with E-state index in [0.717, 1.165) is 17.8 Å². The number of benzene rings is 1. The zero-order chi connectivity index (χ0) is 14.5. The minimum absolute atomic E-state index is 0.164. The van der Waals surface area contributed by atoms with Crippen LogP contribution >= 0.6 is 0 Å². The Balaban J connectivity index is 2.62. The lowest BCUT2D eigenvalue weighted by Crippen LogP contribution is -2.31. The van der Waals surface area contributed by atoms with E-state index in [2.05, 4.69) is 5.32 Å². The second kappa shape index (κ2) is 6.91. The highest BCUT2D eigenvalue weighted by atomic mass is 32.2. The zero-order valence-electron chi connectivity index (χ0n) is 12.2. The summed E-state index contributed by atoms with van der Waals surface area (Å²) in [6.45, 7) is 6.77. The molecule has 0 saturated carbocycles. The maximum absolute atomic E-state index is 12.2. The van der Waals surface area contributed by atoms with Crippen LogP contribution in [-0.4, -0.2) is 33.8 Å². The number of anilines is 1. The second-order valence-electron chi connectivity index (χ2n) is 5.08. The summed E-state index contributed by atoms with van der Waals surface area (Å²) in [5.74, 6) is 0.164. The van der Waals surface area contributed by atoms with Crippen LogP contribution < -0.4 is 9.62 Å². The van der Waals surface area contributed by atoms with Crippen molar-refractivity contribution < 1.29 is 8.42 Å². The van der Waals surface area contributed by atoms with Gasteiger partial charge in [-0.05, 0) is 37.6 Å². The summed E-state index contributed by atoms with van der Waals surface area (Å²) < 4.78 is 25.7. The predicted octanol–water partition coefficient (Wildman–Crippen LogP) is 2.15. The van der Waals surface area contributed by atoms with Gasteiger partial charge in [0.05, 0.1) is 11.4 Å². The van der Waals surface area contributed by atoms with E-state index in [-0.39, 0.29) is 5.75 Å². The Bertz CT molecular complexity index is 498. The molecule has 0 bridgehead atoms. The van der Waals surface area contributed by atoms with Gasteiger partial charge in [0.2, 0.25) is 10.0 Å². The Hall–Kier alpha value is -1.07. The van der Waals surface area contributed by atoms with Gasteiger partial charge in [0.1, 0.15) is 0 Å². The molecule has 0 saturated heterocycles. The van der Waals surface area contributed by atoms with Gasteiger partial charge in [-0.3, -0.25) is 4.31 Å². The smallest absolute Gasteiger partial charge is 0.234 e. The molecule has 0 fully saturated rings. The van der Waals surface area contributed by atoms with E-state index in [1.807, 2.05) is 45.0 Å². The molecule has 0 amide bonds. The van der Waals surface area contributed by atoms with Gasteiger partial charge in [-0.1, -0.05) is 26.0 Å². The summed E-state index contributed by atoms with van der Waals surface area (Å²) in [6, 6.07) is 7.91. The molecule has 0 radical (unpaired) electrons. The fourth-order valence-electron chi connectivity index (χ4n) is 1.77. The highest BCUT2D eigenvalue weighted by Gasteiger charge is 2.17. The summed E-state index contributed by atoms with van der Waals surface area (Å²) in [6.07, 6.45) is 0.622. The minimum Gasteiger partial charge on any atom is -0.314 e. The van der Waals surface area contributed by atoms with Crippen LogP contribution in [0.1, 0.15) is 25.8 Å². The number of hydrogen-bond donors (Lipinski definition) is 1. The Morgan fingerprint density at radius 2 is 2.00 bits per heavy atom. The molecule has 0 unspecified atom stereocenters. The van der Waals surface area contributed by atoms with Crippen LogP contribution in [0.3, 0.4) is 0 Å². The Morgan fingerprint density at radius 3 is 2.58 bits per heavy atom. The van der Waals surface area contributed by atoms with Crippen LogP contribution in [0.5, 0.6) is 0 Å². The van der Waals surface area contributed by atoms with Gasteiger partial charge < -0.3 is 5.32 Å². The fraction of sp³-hybridized carbons (Fsp3) is 0.571. The first-order valence-electron chi connectivity index (χ1n) is 6.59. The molecule has 19 heavy (non-hydrogen) atoms. The largest absolute Gasteiger partial charge is 0.314 e. The SMILES string of the molecule is Cc1cccc(N(C)S(=O)(=O)CCCNC(C)C)c1. The third-order valence-corrected chi connectivity index (χ3v) is 4.76. The number of hydrogen-bond acceptors (Lipinski definition) is 3. The number of rotatable bonds is 7. The van der Waals surface area contributed by atoms with Crippen molar-refractivity contribution in [3.05, 3.63) is 29.8 Å². The first kappa shape index (κ1) is 16.0. The fourth-order valence-corrected chi connectivity index (χ4v) is 2.98. The molecule has 0 aliphatic carbocycles. The number of nitrogens with one attached hydrogen (secondary N) is 1. The lowest BCUT2D eigenvalue weighted by atomic mass is 10.2. The van der Waals surface area contributed by atoms with Gasteiger partial charge in [-0.25, -0.2) is 8.42 Å². The summed E-state index contributed by atoms with van der Waals surface area (Å²) >= 11 is 0. The molecule has 1 N–H and O–H groups in total. The average Bonchev–Trinajstić information content (AvgIpc) is 2.33. The molecule has 108 valence electrons. The molecule has 5 heteroatoms. The first-order chi connectivity index (χ1) is 8.83. The highest BCUT2D eigenvalue weighted by Crippen LogP contribution is 2.17. The van der Waals surface area contributed by atoms with E-state index < -0.39 is 10.0 Å². The molecule has 0 aromatic heterocycles. The summed E-state index contributed by atoms with van der Waals surface area (Å²) in [7, 11) is -1.62. The van der Waals surface area contributed by atoms with Crippen molar-refractivity contribution in [3.8, 4) is 0 Å². The molecule has 0 aliphatic heterocycles. The maximum Gasteiger partial charge on any atom is 0.234 e. The van der Waals surface area contributed by atoms with Gasteiger partial charge in [0.25, 0.3) is 0 Å². The molecule has 0 spiro atoms. The number of aryl methyl sites for hydroxylation is 1. The van der Waals surface area contributed by atoms with E-state index in [9.17, 15) is 8.42 Å². The first-order valence-corrected chi connectivity index (χ1v) is 8.20. The van der Waals surface area contributed by atoms with Crippen LogP contribution in [-0.2, 0) is 10.0 Å². The predicted molar refractivity (Wildman–Crippen MR) is 81.1 cm³/mol. The van der Waals surface area contributed by atoms with Crippen LogP contribution in [0.15, 0.2) is 24.3 Å². The third kappa shape index (κ3) is 5.20. The van der Waals surface area contributed by atoms with Gasteiger partial charge in [0.15, 0.2) is 0 Å². The summed E-state index contributed by atoms with van der Waals surface area (Å²) in [5.41, 5.74) is 1.78. The monoisotopic (exact) mass is 284 g/mol. The molecule has 1 aromatic carbocycles. The van der Waals surface area contributed by atoms with Gasteiger partial charge >= 0.3 is 0 Å². The van der Waals surface area contributed by atoms with Gasteiger partial charge in [0, 0.05) is 13.1 Å². The molecule has 0 atom stereocenters. The topological polar surface area (TPSA) is 49.4 Å². The van der Waals surface area contributed by atoms with E-state index in [1.54, 1.807) is 7.05 Å². The highest BCUT2D eigenvalue weighted by molar-refractivity contribution is 7.92. The van der Waals surface area contributed by atoms with Crippen molar-refractivity contribution in [1.82, 2.24) is 5.32 Å². The van der Waals surface area contributed by atoms with Crippen molar-refractivity contribution in [2.45, 2.75) is 33.2 Å². The molecule has 4 nitrogen and oxygen atoms in total. The summed E-state index contributed by atoms with van der Waals surface area (Å²) in [4.78, 5) is 0. The molecular formula is C14H24N2O2S. The van der Waals surface area contributed by atoms with E-state index in [4.69, 9.17) is 0 Å². The third-order valence-electron chi connectivity index (χ3n) is 2.91. The van der Waals surface area contributed by atoms with Crippen LogP contribution in [0.2, 0.25) is 0 Å². The second-order valence-corrected chi connectivity index (χ2v) is 7.20. The molecule has 0 aliphatic rings. The molecular weight excluding hydrogens is 260 g/mol. The van der Waals surface area contributed by atoms with Crippen molar-refractivity contribution >= 4 is 15.7 Å². The summed E-state index contributed by atoms with van der Waals surface area (Å²) in [5, 5.41) is 3.22. The zero-order valence-corrected chi connectivity index (χ0v) is 13.0. The van der Waals surface area contributed by atoms with E-state index in [0.29, 0.717) is 12.5 Å². The standard InChI is InChI=1S/C14H24N2O2S/c1-12(2)15-9-6-10-19(17,18)16(4)14-8-5-7-13(3)11-14/h5,7-8,11-12,15H,6,9-10H2,1-4H3. The lowest BCUT2D eigenvalue weighted by Gasteiger charge is -2.20. The molecule has 1 rings (SSSR count). The quantitative estimate of drug-likeness (QED) is 0.781. The van der Waals surface area contributed by atoms with Crippen molar-refractivity contribution in [2.24, 2.45) is 0 Å². The number of sulfonamides is 1. The minimum atomic E-state index is -3.23. The molecule has 0 heterocycles. The Kier molecular flexibility index (Phi) is 5.82. The van der Waals surface area contributed by atoms with Crippen molar-refractivity contribution in [2.75, 3.05) is 23.7 Å². The van der Waals surface area contributed by atoms with E-state index >= 15 is 0 Å². The average molecular weight is 284 g/mol. The Labute approximate surface area is 116 Å².